The van der Waals surface area contributed by atoms with Crippen molar-refractivity contribution in [3.63, 3.8) is 0 Å². The van der Waals surface area contributed by atoms with Gasteiger partial charge in [-0.2, -0.15) is 0 Å². The first-order valence-electron chi connectivity index (χ1n) is 7.26. The van der Waals surface area contributed by atoms with Crippen molar-refractivity contribution in [2.24, 2.45) is 0 Å². The highest BCUT2D eigenvalue weighted by Gasteiger charge is 2.21. The van der Waals surface area contributed by atoms with Crippen LogP contribution >= 0.6 is 0 Å². The number of amides is 1. The number of benzene rings is 2. The van der Waals surface area contributed by atoms with Gasteiger partial charge in [-0.3, -0.25) is 4.79 Å². The average Bonchev–Trinajstić information content (AvgIpc) is 3.13. The number of phenols is 1. The number of hydrogen-bond donors (Lipinski definition) is 2. The third-order valence-electron chi connectivity index (χ3n) is 4.09. The first-order chi connectivity index (χ1) is 10.7. The molecule has 1 aliphatic carbocycles. The summed E-state index contributed by atoms with van der Waals surface area (Å²) in [6.07, 6.45) is 3.32. The fourth-order valence-electron chi connectivity index (χ4n) is 2.96. The molecular formula is C17H15NO4. The van der Waals surface area contributed by atoms with E-state index in [9.17, 15) is 9.90 Å². The zero-order valence-electron chi connectivity index (χ0n) is 11.9. The summed E-state index contributed by atoms with van der Waals surface area (Å²) >= 11 is 0. The Bertz CT molecular complexity index is 769. The summed E-state index contributed by atoms with van der Waals surface area (Å²) in [6, 6.07) is 8.86. The van der Waals surface area contributed by atoms with Crippen molar-refractivity contribution in [1.82, 2.24) is 0 Å². The molecule has 2 N–H and O–H groups in total. The number of fused-ring (bicyclic) bond motifs is 2. The first kappa shape index (κ1) is 13.0. The first-order valence-corrected chi connectivity index (χ1v) is 7.26. The normalized spacial score (nSPS) is 14.7. The van der Waals surface area contributed by atoms with Crippen molar-refractivity contribution in [3.05, 3.63) is 47.0 Å². The Kier molecular flexibility index (Phi) is 2.92. The number of hydrogen-bond acceptors (Lipinski definition) is 4. The molecule has 112 valence electrons. The van der Waals surface area contributed by atoms with E-state index in [1.165, 1.54) is 23.3 Å². The molecule has 0 spiro atoms. The van der Waals surface area contributed by atoms with Crippen LogP contribution in [0.4, 0.5) is 5.69 Å². The SMILES string of the molecule is O=C(Nc1ccc2c(c1)CCC2)c1cc2c(cc1O)OCO2. The van der Waals surface area contributed by atoms with Gasteiger partial charge in [0, 0.05) is 17.8 Å². The van der Waals surface area contributed by atoms with Crippen molar-refractivity contribution < 1.29 is 19.4 Å². The molecule has 0 aromatic heterocycles. The van der Waals surface area contributed by atoms with Crippen LogP contribution in [0.5, 0.6) is 17.2 Å². The lowest BCUT2D eigenvalue weighted by Crippen LogP contribution is -2.12. The molecule has 0 saturated carbocycles. The van der Waals surface area contributed by atoms with E-state index in [0.29, 0.717) is 11.5 Å². The smallest absolute Gasteiger partial charge is 0.259 e. The Hall–Kier alpha value is -2.69. The lowest BCUT2D eigenvalue weighted by atomic mass is 10.1. The fraction of sp³-hybridized carbons (Fsp3) is 0.235. The van der Waals surface area contributed by atoms with Gasteiger partial charge >= 0.3 is 0 Å². The van der Waals surface area contributed by atoms with Crippen molar-refractivity contribution in [2.75, 3.05) is 12.1 Å². The maximum atomic E-state index is 12.4. The molecule has 5 nitrogen and oxygen atoms in total. The monoisotopic (exact) mass is 297 g/mol. The second kappa shape index (κ2) is 4.94. The molecule has 1 heterocycles. The van der Waals surface area contributed by atoms with Gasteiger partial charge in [0.1, 0.15) is 5.75 Å². The zero-order chi connectivity index (χ0) is 15.1. The minimum atomic E-state index is -0.367. The van der Waals surface area contributed by atoms with Crippen LogP contribution in [-0.4, -0.2) is 17.8 Å². The third kappa shape index (κ3) is 2.15. The third-order valence-corrected chi connectivity index (χ3v) is 4.09. The molecule has 2 aromatic carbocycles. The molecule has 2 aliphatic rings. The Morgan fingerprint density at radius 2 is 1.82 bits per heavy atom. The Morgan fingerprint density at radius 3 is 2.68 bits per heavy atom. The summed E-state index contributed by atoms with van der Waals surface area (Å²) in [4.78, 5) is 12.4. The van der Waals surface area contributed by atoms with E-state index in [-0.39, 0.29) is 24.0 Å². The second-order valence-electron chi connectivity index (χ2n) is 5.51. The number of aromatic hydroxyl groups is 1. The lowest BCUT2D eigenvalue weighted by molar-refractivity contribution is 0.102. The number of nitrogens with one attached hydrogen (secondary N) is 1. The zero-order valence-corrected chi connectivity index (χ0v) is 11.9. The predicted octanol–water partition coefficient (Wildman–Crippen LogP) is 2.86. The summed E-state index contributed by atoms with van der Waals surface area (Å²) in [5.41, 5.74) is 3.55. The largest absolute Gasteiger partial charge is 0.507 e. The highest BCUT2D eigenvalue weighted by atomic mass is 16.7. The van der Waals surface area contributed by atoms with Gasteiger partial charge in [-0.15, -0.1) is 0 Å². The van der Waals surface area contributed by atoms with Gasteiger partial charge in [-0.25, -0.2) is 0 Å². The van der Waals surface area contributed by atoms with Gasteiger partial charge in [-0.1, -0.05) is 6.07 Å². The molecule has 5 heteroatoms. The maximum Gasteiger partial charge on any atom is 0.259 e. The maximum absolute atomic E-state index is 12.4. The summed E-state index contributed by atoms with van der Waals surface area (Å²) in [5.74, 6) is 0.431. The number of carbonyl (C=O) groups excluding carboxylic acids is 1. The average molecular weight is 297 g/mol. The molecule has 1 amide bonds. The number of phenolic OH excluding ortho intramolecular Hbond substituents is 1. The highest BCUT2D eigenvalue weighted by molar-refractivity contribution is 6.06. The minimum Gasteiger partial charge on any atom is -0.507 e. The minimum absolute atomic E-state index is 0.102. The second-order valence-corrected chi connectivity index (χ2v) is 5.51. The Labute approximate surface area is 127 Å². The van der Waals surface area contributed by atoms with Crippen molar-refractivity contribution in [3.8, 4) is 17.2 Å². The topological polar surface area (TPSA) is 67.8 Å². The number of anilines is 1. The summed E-state index contributed by atoms with van der Waals surface area (Å²) < 4.78 is 10.4. The van der Waals surface area contributed by atoms with Crippen LogP contribution in [0.2, 0.25) is 0 Å². The van der Waals surface area contributed by atoms with E-state index in [0.717, 1.165) is 24.9 Å². The molecule has 22 heavy (non-hydrogen) atoms. The quantitative estimate of drug-likeness (QED) is 0.894. The van der Waals surface area contributed by atoms with E-state index in [1.54, 1.807) is 0 Å². The van der Waals surface area contributed by atoms with Gasteiger partial charge < -0.3 is 19.9 Å². The number of rotatable bonds is 2. The van der Waals surface area contributed by atoms with E-state index in [2.05, 4.69) is 11.4 Å². The summed E-state index contributed by atoms with van der Waals surface area (Å²) in [5, 5.41) is 12.8. The summed E-state index contributed by atoms with van der Waals surface area (Å²) in [7, 11) is 0. The van der Waals surface area contributed by atoms with Crippen LogP contribution in [0.15, 0.2) is 30.3 Å². The van der Waals surface area contributed by atoms with Crippen LogP contribution in [0, 0.1) is 0 Å². The van der Waals surface area contributed by atoms with Gasteiger partial charge in [0.15, 0.2) is 11.5 Å². The molecule has 0 atom stereocenters. The predicted molar refractivity (Wildman–Crippen MR) is 80.7 cm³/mol. The molecule has 4 rings (SSSR count). The molecule has 0 saturated heterocycles. The number of ether oxygens (including phenoxy) is 2. The van der Waals surface area contributed by atoms with E-state index in [4.69, 9.17) is 9.47 Å². The van der Waals surface area contributed by atoms with Gasteiger partial charge in [0.25, 0.3) is 5.91 Å². The van der Waals surface area contributed by atoms with Crippen molar-refractivity contribution >= 4 is 11.6 Å². The van der Waals surface area contributed by atoms with Crippen LogP contribution in [-0.2, 0) is 12.8 Å². The number of aryl methyl sites for hydroxylation is 2. The lowest BCUT2D eigenvalue weighted by Gasteiger charge is -2.09. The fourth-order valence-corrected chi connectivity index (χ4v) is 2.96. The van der Waals surface area contributed by atoms with E-state index >= 15 is 0 Å². The molecule has 2 aromatic rings. The molecule has 0 fully saturated rings. The van der Waals surface area contributed by atoms with Crippen LogP contribution < -0.4 is 14.8 Å². The standard InChI is InChI=1S/C17H15NO4/c19-14-8-16-15(21-9-22-16)7-13(14)17(20)18-12-5-4-10-2-1-3-11(10)6-12/h4-8,19H,1-3,9H2,(H,18,20). The molecule has 1 aliphatic heterocycles. The van der Waals surface area contributed by atoms with Gasteiger partial charge in [0.05, 0.1) is 5.56 Å². The number of carbonyl (C=O) groups is 1. The Balaban J connectivity index is 1.60. The molecule has 0 radical (unpaired) electrons. The van der Waals surface area contributed by atoms with Gasteiger partial charge in [-0.05, 0) is 42.5 Å². The van der Waals surface area contributed by atoms with E-state index < -0.39 is 0 Å². The van der Waals surface area contributed by atoms with Crippen LogP contribution in [0.1, 0.15) is 27.9 Å². The molecule has 0 bridgehead atoms. The molecular weight excluding hydrogens is 282 g/mol. The Morgan fingerprint density at radius 1 is 1.05 bits per heavy atom. The van der Waals surface area contributed by atoms with Crippen LogP contribution in [0.3, 0.4) is 0 Å². The summed E-state index contributed by atoms with van der Waals surface area (Å²) in [6.45, 7) is 0.102. The van der Waals surface area contributed by atoms with Gasteiger partial charge in [0.2, 0.25) is 6.79 Å². The van der Waals surface area contributed by atoms with Crippen molar-refractivity contribution in [1.29, 1.82) is 0 Å². The highest BCUT2D eigenvalue weighted by Crippen LogP contribution is 2.37. The van der Waals surface area contributed by atoms with Crippen LogP contribution in [0.25, 0.3) is 0 Å². The van der Waals surface area contributed by atoms with Crippen molar-refractivity contribution in [2.45, 2.75) is 19.3 Å². The molecule has 0 unspecified atom stereocenters. The van der Waals surface area contributed by atoms with E-state index in [1.807, 2.05) is 12.1 Å².